The van der Waals surface area contributed by atoms with Gasteiger partial charge in [-0.05, 0) is 43.3 Å². The topological polar surface area (TPSA) is 60.7 Å². The fraction of sp³-hybridized carbons (Fsp3) is 0.125. The Labute approximate surface area is 177 Å². The molecule has 0 aliphatic carbocycles. The number of aromatic carboxylic acids is 1. The highest BCUT2D eigenvalue weighted by Gasteiger charge is 2.20. The van der Waals surface area contributed by atoms with Gasteiger partial charge >= 0.3 is 12.6 Å². The third-order valence-electron chi connectivity index (χ3n) is 4.98. The molecule has 4 aromatic rings. The minimum absolute atomic E-state index is 0.0739. The zero-order chi connectivity index (χ0) is 22.0. The molecule has 0 fully saturated rings. The number of fused-ring (bicyclic) bond motifs is 1. The lowest BCUT2D eigenvalue weighted by molar-refractivity contribution is -0.0504. The number of nitrogens with zero attached hydrogens (tertiary/aromatic N) is 1. The molecule has 0 aliphatic heterocycles. The van der Waals surface area contributed by atoms with Crippen molar-refractivity contribution in [3.05, 3.63) is 89.5 Å². The lowest BCUT2D eigenvalue weighted by atomic mass is 10.1. The second-order valence-corrected chi connectivity index (χ2v) is 6.95. The fourth-order valence-corrected chi connectivity index (χ4v) is 3.54. The van der Waals surface area contributed by atoms with Crippen molar-refractivity contribution in [3.63, 3.8) is 0 Å². The van der Waals surface area contributed by atoms with Crippen molar-refractivity contribution >= 4 is 16.9 Å². The first-order valence-corrected chi connectivity index (χ1v) is 9.56. The Balaban J connectivity index is 1.86. The van der Waals surface area contributed by atoms with Crippen molar-refractivity contribution in [2.75, 3.05) is 0 Å². The second-order valence-electron chi connectivity index (χ2n) is 6.95. The molecule has 1 heterocycles. The molecule has 31 heavy (non-hydrogen) atoms. The van der Waals surface area contributed by atoms with Gasteiger partial charge in [-0.3, -0.25) is 0 Å². The number of para-hydroxylation sites is 2. The summed E-state index contributed by atoms with van der Waals surface area (Å²) in [5.41, 5.74) is 2.16. The summed E-state index contributed by atoms with van der Waals surface area (Å²) >= 11 is 0. The van der Waals surface area contributed by atoms with Crippen LogP contribution < -0.4 is 9.47 Å². The molecular weight excluding hydrogens is 404 g/mol. The van der Waals surface area contributed by atoms with Crippen LogP contribution in [0, 0.1) is 6.92 Å². The highest BCUT2D eigenvalue weighted by Crippen LogP contribution is 2.36. The van der Waals surface area contributed by atoms with Crippen LogP contribution in [0.15, 0.2) is 72.8 Å². The zero-order valence-electron chi connectivity index (χ0n) is 16.6. The minimum Gasteiger partial charge on any atom is -0.478 e. The summed E-state index contributed by atoms with van der Waals surface area (Å²) in [5, 5.41) is 10.1. The zero-order valence-corrected chi connectivity index (χ0v) is 16.6. The molecule has 1 aromatic heterocycles. The first-order valence-electron chi connectivity index (χ1n) is 9.56. The van der Waals surface area contributed by atoms with E-state index in [1.165, 1.54) is 12.1 Å². The monoisotopic (exact) mass is 423 g/mol. The molecule has 3 aromatic carbocycles. The van der Waals surface area contributed by atoms with E-state index in [1.807, 2.05) is 29.7 Å². The van der Waals surface area contributed by atoms with Gasteiger partial charge in [0.05, 0.1) is 17.6 Å². The lowest BCUT2D eigenvalue weighted by Gasteiger charge is -2.15. The standard InChI is InChI=1S/C24H19F2NO4/c1-15-19-13-16(23(28)29)11-12-20(19)27(22(15)30-18-8-3-2-4-9-18)14-17-7-5-6-10-21(17)31-24(25)26/h2-13,24H,14H2,1H3,(H,28,29). The van der Waals surface area contributed by atoms with Crippen LogP contribution in [0.1, 0.15) is 21.5 Å². The second kappa shape index (κ2) is 8.47. The van der Waals surface area contributed by atoms with E-state index in [9.17, 15) is 18.7 Å². The van der Waals surface area contributed by atoms with Crippen LogP contribution in [0.5, 0.6) is 17.4 Å². The Morgan fingerprint density at radius 2 is 1.74 bits per heavy atom. The molecule has 0 atom stereocenters. The number of benzene rings is 3. The van der Waals surface area contributed by atoms with Crippen LogP contribution in [-0.2, 0) is 6.54 Å². The predicted molar refractivity (Wildman–Crippen MR) is 112 cm³/mol. The summed E-state index contributed by atoms with van der Waals surface area (Å²) in [4.78, 5) is 11.5. The average Bonchev–Trinajstić information content (AvgIpc) is 3.01. The Hall–Kier alpha value is -3.87. The maximum atomic E-state index is 12.9. The van der Waals surface area contributed by atoms with Gasteiger partial charge in [0.2, 0.25) is 5.88 Å². The Kier molecular flexibility index (Phi) is 5.58. The van der Waals surface area contributed by atoms with Gasteiger partial charge in [0.1, 0.15) is 11.5 Å². The number of rotatable bonds is 7. The van der Waals surface area contributed by atoms with Crippen LogP contribution in [0.3, 0.4) is 0 Å². The van der Waals surface area contributed by atoms with E-state index in [2.05, 4.69) is 4.74 Å². The first-order chi connectivity index (χ1) is 14.9. The van der Waals surface area contributed by atoms with Crippen molar-refractivity contribution in [2.24, 2.45) is 0 Å². The number of carbonyl (C=O) groups is 1. The number of ether oxygens (including phenoxy) is 2. The van der Waals surface area contributed by atoms with Gasteiger partial charge in [-0.15, -0.1) is 0 Å². The first kappa shape index (κ1) is 20.4. The van der Waals surface area contributed by atoms with E-state index in [-0.39, 0.29) is 17.9 Å². The largest absolute Gasteiger partial charge is 0.478 e. The molecule has 0 aliphatic rings. The summed E-state index contributed by atoms with van der Waals surface area (Å²) in [6, 6.07) is 20.5. The van der Waals surface area contributed by atoms with Crippen LogP contribution in [0.2, 0.25) is 0 Å². The third-order valence-corrected chi connectivity index (χ3v) is 4.98. The van der Waals surface area contributed by atoms with Crippen LogP contribution in [0.4, 0.5) is 8.78 Å². The van der Waals surface area contributed by atoms with Crippen molar-refractivity contribution < 1.29 is 28.2 Å². The smallest absolute Gasteiger partial charge is 0.387 e. The molecule has 0 saturated heterocycles. The van der Waals surface area contributed by atoms with E-state index < -0.39 is 12.6 Å². The molecule has 0 amide bonds. The van der Waals surface area contributed by atoms with E-state index in [0.717, 1.165) is 11.1 Å². The van der Waals surface area contributed by atoms with E-state index in [4.69, 9.17) is 4.74 Å². The number of carboxylic acids is 1. The Morgan fingerprint density at radius 1 is 1.03 bits per heavy atom. The molecule has 5 nitrogen and oxygen atoms in total. The summed E-state index contributed by atoms with van der Waals surface area (Å²) in [7, 11) is 0. The van der Waals surface area contributed by atoms with Crippen molar-refractivity contribution in [3.8, 4) is 17.4 Å². The molecule has 1 N–H and O–H groups in total. The molecular formula is C24H19F2NO4. The van der Waals surface area contributed by atoms with Gasteiger partial charge in [0.15, 0.2) is 0 Å². The van der Waals surface area contributed by atoms with E-state index in [1.54, 1.807) is 42.5 Å². The van der Waals surface area contributed by atoms with E-state index in [0.29, 0.717) is 22.6 Å². The molecule has 158 valence electrons. The number of aromatic nitrogens is 1. The molecule has 4 rings (SSSR count). The molecule has 0 saturated carbocycles. The Morgan fingerprint density at radius 3 is 2.45 bits per heavy atom. The third kappa shape index (κ3) is 4.21. The van der Waals surface area contributed by atoms with Crippen LogP contribution >= 0.6 is 0 Å². The maximum absolute atomic E-state index is 12.9. The summed E-state index contributed by atoms with van der Waals surface area (Å²) in [5.74, 6) is 0.140. The maximum Gasteiger partial charge on any atom is 0.387 e. The number of hydrogen-bond donors (Lipinski definition) is 1. The van der Waals surface area contributed by atoms with Crippen molar-refractivity contribution in [1.82, 2.24) is 4.57 Å². The average molecular weight is 423 g/mol. The number of aryl methyl sites for hydroxylation is 1. The number of hydrogen-bond acceptors (Lipinski definition) is 3. The molecule has 0 bridgehead atoms. The number of carboxylic acid groups (broad SMARTS) is 1. The Bertz CT molecular complexity index is 1240. The summed E-state index contributed by atoms with van der Waals surface area (Å²) < 4.78 is 38.4. The van der Waals surface area contributed by atoms with Crippen molar-refractivity contribution in [1.29, 1.82) is 0 Å². The molecule has 0 unspecified atom stereocenters. The summed E-state index contributed by atoms with van der Waals surface area (Å²) in [6.45, 7) is -0.908. The van der Waals surface area contributed by atoms with Crippen LogP contribution in [-0.4, -0.2) is 22.3 Å². The number of halogens is 2. The lowest BCUT2D eigenvalue weighted by Crippen LogP contribution is -2.08. The SMILES string of the molecule is Cc1c(Oc2ccccc2)n(Cc2ccccc2OC(F)F)c2ccc(C(=O)O)cc12. The number of alkyl halides is 2. The molecule has 0 spiro atoms. The van der Waals surface area contributed by atoms with Crippen molar-refractivity contribution in [2.45, 2.75) is 20.1 Å². The van der Waals surface area contributed by atoms with Crippen LogP contribution in [0.25, 0.3) is 10.9 Å². The van der Waals surface area contributed by atoms with Gasteiger partial charge < -0.3 is 19.1 Å². The summed E-state index contributed by atoms with van der Waals surface area (Å²) in [6.07, 6.45) is 0. The molecule has 7 heteroatoms. The van der Waals surface area contributed by atoms with Gasteiger partial charge in [0, 0.05) is 16.5 Å². The van der Waals surface area contributed by atoms with Gasteiger partial charge in [-0.1, -0.05) is 36.4 Å². The van der Waals surface area contributed by atoms with Gasteiger partial charge in [0.25, 0.3) is 0 Å². The minimum atomic E-state index is -2.94. The van der Waals surface area contributed by atoms with Gasteiger partial charge in [-0.2, -0.15) is 8.78 Å². The fourth-order valence-electron chi connectivity index (χ4n) is 3.54. The normalized spacial score (nSPS) is 11.1. The highest BCUT2D eigenvalue weighted by molar-refractivity contribution is 5.96. The van der Waals surface area contributed by atoms with E-state index >= 15 is 0 Å². The quantitative estimate of drug-likeness (QED) is 0.391. The predicted octanol–water partition coefficient (Wildman–Crippen LogP) is 6.09. The van der Waals surface area contributed by atoms with Gasteiger partial charge in [-0.25, -0.2) is 4.79 Å². The highest BCUT2D eigenvalue weighted by atomic mass is 19.3. The molecule has 0 radical (unpaired) electrons.